The van der Waals surface area contributed by atoms with Crippen LogP contribution in [-0.2, 0) is 6.61 Å². The highest BCUT2D eigenvalue weighted by Crippen LogP contribution is 2.30. The van der Waals surface area contributed by atoms with Crippen molar-refractivity contribution in [2.24, 2.45) is 0 Å². The molecule has 0 aliphatic heterocycles. The summed E-state index contributed by atoms with van der Waals surface area (Å²) in [5.74, 6) is 0.896. The lowest BCUT2D eigenvalue weighted by Crippen LogP contribution is -1.94. The zero-order valence-electron chi connectivity index (χ0n) is 10.5. The highest BCUT2D eigenvalue weighted by Gasteiger charge is 2.10. The van der Waals surface area contributed by atoms with Crippen molar-refractivity contribution >= 4 is 22.7 Å². The molecule has 0 N–H and O–H groups in total. The number of para-hydroxylation sites is 1. The number of benzene rings is 1. The van der Waals surface area contributed by atoms with Crippen LogP contribution in [0.15, 0.2) is 47.2 Å². The first kappa shape index (κ1) is 12.4. The largest absolute Gasteiger partial charge is 0.488 e. The summed E-state index contributed by atoms with van der Waals surface area (Å²) in [5.41, 5.74) is 2.26. The molecule has 2 aromatic heterocycles. The second-order valence-electron chi connectivity index (χ2n) is 4.14. The fourth-order valence-electron chi connectivity index (χ4n) is 1.74. The highest BCUT2D eigenvalue weighted by atomic mass is 32.1. The molecule has 0 atom stereocenters. The molecule has 0 saturated heterocycles. The van der Waals surface area contributed by atoms with Gasteiger partial charge in [0.1, 0.15) is 17.4 Å². The van der Waals surface area contributed by atoms with Gasteiger partial charge in [-0.2, -0.15) is 11.3 Å². The van der Waals surface area contributed by atoms with Crippen molar-refractivity contribution in [3.8, 4) is 16.3 Å². The van der Waals surface area contributed by atoms with E-state index in [9.17, 15) is 0 Å². The SMILES string of the molecule is Cc1nc(-c2ccsc2)sc1COc1ccccc1. The lowest BCUT2D eigenvalue weighted by atomic mass is 10.3. The molecule has 4 heteroatoms. The number of rotatable bonds is 4. The Balaban J connectivity index is 1.75. The Hall–Kier alpha value is -1.65. The zero-order chi connectivity index (χ0) is 13.1. The highest BCUT2D eigenvalue weighted by molar-refractivity contribution is 7.15. The third-order valence-electron chi connectivity index (χ3n) is 2.77. The maximum atomic E-state index is 5.78. The molecule has 0 fully saturated rings. The van der Waals surface area contributed by atoms with Crippen LogP contribution in [0.25, 0.3) is 10.6 Å². The van der Waals surface area contributed by atoms with E-state index in [4.69, 9.17) is 4.74 Å². The van der Waals surface area contributed by atoms with Gasteiger partial charge in [-0.15, -0.1) is 11.3 Å². The van der Waals surface area contributed by atoms with Crippen molar-refractivity contribution in [1.82, 2.24) is 4.98 Å². The van der Waals surface area contributed by atoms with Gasteiger partial charge >= 0.3 is 0 Å². The Bertz CT molecular complexity index is 644. The molecule has 2 heterocycles. The van der Waals surface area contributed by atoms with Crippen molar-refractivity contribution in [2.45, 2.75) is 13.5 Å². The Morgan fingerprint density at radius 2 is 2.00 bits per heavy atom. The number of thiophene rings is 1. The molecule has 0 bridgehead atoms. The van der Waals surface area contributed by atoms with E-state index in [0.717, 1.165) is 16.5 Å². The van der Waals surface area contributed by atoms with E-state index in [-0.39, 0.29) is 0 Å². The van der Waals surface area contributed by atoms with Crippen LogP contribution in [0.3, 0.4) is 0 Å². The van der Waals surface area contributed by atoms with Crippen molar-refractivity contribution in [2.75, 3.05) is 0 Å². The Kier molecular flexibility index (Phi) is 3.62. The van der Waals surface area contributed by atoms with Crippen LogP contribution in [0.2, 0.25) is 0 Å². The molecule has 3 rings (SSSR count). The summed E-state index contributed by atoms with van der Waals surface area (Å²) >= 11 is 3.40. The third kappa shape index (κ3) is 2.85. The van der Waals surface area contributed by atoms with Gasteiger partial charge < -0.3 is 4.74 Å². The quantitative estimate of drug-likeness (QED) is 0.690. The van der Waals surface area contributed by atoms with Gasteiger partial charge in [-0.05, 0) is 30.5 Å². The predicted molar refractivity (Wildman–Crippen MR) is 80.9 cm³/mol. The van der Waals surface area contributed by atoms with Gasteiger partial charge in [0.05, 0.1) is 10.6 Å². The minimum atomic E-state index is 0.581. The minimum absolute atomic E-state index is 0.581. The normalized spacial score (nSPS) is 10.6. The summed E-state index contributed by atoms with van der Waals surface area (Å²) in [7, 11) is 0. The van der Waals surface area contributed by atoms with E-state index in [1.165, 1.54) is 10.4 Å². The maximum Gasteiger partial charge on any atom is 0.124 e. The Labute approximate surface area is 120 Å². The molecule has 19 heavy (non-hydrogen) atoms. The van der Waals surface area contributed by atoms with Crippen LogP contribution in [0.1, 0.15) is 10.6 Å². The van der Waals surface area contributed by atoms with Crippen molar-refractivity contribution in [3.63, 3.8) is 0 Å². The lowest BCUT2D eigenvalue weighted by Gasteiger charge is -2.03. The second kappa shape index (κ2) is 5.55. The smallest absolute Gasteiger partial charge is 0.124 e. The number of hydrogen-bond acceptors (Lipinski definition) is 4. The van der Waals surface area contributed by atoms with Gasteiger partial charge in [0.25, 0.3) is 0 Å². The molecule has 0 saturated carbocycles. The summed E-state index contributed by atoms with van der Waals surface area (Å²) < 4.78 is 5.78. The van der Waals surface area contributed by atoms with Gasteiger partial charge in [0, 0.05) is 10.9 Å². The molecular formula is C15H13NOS2. The molecule has 0 radical (unpaired) electrons. The summed E-state index contributed by atoms with van der Waals surface area (Å²) in [6.07, 6.45) is 0. The van der Waals surface area contributed by atoms with Gasteiger partial charge in [-0.25, -0.2) is 4.98 Å². The number of thiazole rings is 1. The molecule has 96 valence electrons. The van der Waals surface area contributed by atoms with E-state index in [1.54, 1.807) is 22.7 Å². The Morgan fingerprint density at radius 3 is 2.74 bits per heavy atom. The van der Waals surface area contributed by atoms with Crippen molar-refractivity contribution in [3.05, 3.63) is 57.7 Å². The molecule has 0 spiro atoms. The van der Waals surface area contributed by atoms with Crippen LogP contribution < -0.4 is 4.74 Å². The third-order valence-corrected chi connectivity index (χ3v) is 4.64. The number of hydrogen-bond donors (Lipinski definition) is 0. The fraction of sp³-hybridized carbons (Fsp3) is 0.133. The predicted octanol–water partition coefficient (Wildman–Crippen LogP) is 4.76. The number of aryl methyl sites for hydroxylation is 1. The standard InChI is InChI=1S/C15H13NOS2/c1-11-14(9-17-13-5-3-2-4-6-13)19-15(16-11)12-7-8-18-10-12/h2-8,10H,9H2,1H3. The Morgan fingerprint density at radius 1 is 1.16 bits per heavy atom. The van der Waals surface area contributed by atoms with Crippen LogP contribution >= 0.6 is 22.7 Å². The lowest BCUT2D eigenvalue weighted by molar-refractivity contribution is 0.309. The average molecular weight is 287 g/mol. The van der Waals surface area contributed by atoms with E-state index < -0.39 is 0 Å². The fourth-order valence-corrected chi connectivity index (χ4v) is 3.42. The molecule has 1 aromatic carbocycles. The van der Waals surface area contributed by atoms with E-state index in [1.807, 2.05) is 37.3 Å². The van der Waals surface area contributed by atoms with Crippen LogP contribution in [0, 0.1) is 6.92 Å². The molecule has 0 unspecified atom stereocenters. The molecule has 0 aliphatic rings. The minimum Gasteiger partial charge on any atom is -0.488 e. The van der Waals surface area contributed by atoms with E-state index in [2.05, 4.69) is 21.8 Å². The van der Waals surface area contributed by atoms with Gasteiger partial charge in [-0.3, -0.25) is 0 Å². The topological polar surface area (TPSA) is 22.1 Å². The molecular weight excluding hydrogens is 274 g/mol. The van der Waals surface area contributed by atoms with Crippen LogP contribution in [-0.4, -0.2) is 4.98 Å². The van der Waals surface area contributed by atoms with E-state index >= 15 is 0 Å². The van der Waals surface area contributed by atoms with E-state index in [0.29, 0.717) is 6.61 Å². The summed E-state index contributed by atoms with van der Waals surface area (Å²) in [5, 5.41) is 5.28. The number of ether oxygens (including phenoxy) is 1. The molecule has 2 nitrogen and oxygen atoms in total. The molecule has 0 aliphatic carbocycles. The zero-order valence-corrected chi connectivity index (χ0v) is 12.1. The molecule has 3 aromatic rings. The summed E-state index contributed by atoms with van der Waals surface area (Å²) in [6.45, 7) is 2.62. The monoisotopic (exact) mass is 287 g/mol. The first-order valence-electron chi connectivity index (χ1n) is 5.99. The first-order valence-corrected chi connectivity index (χ1v) is 7.75. The van der Waals surface area contributed by atoms with Crippen LogP contribution in [0.5, 0.6) is 5.75 Å². The first-order chi connectivity index (χ1) is 9.33. The van der Waals surface area contributed by atoms with Crippen LogP contribution in [0.4, 0.5) is 0 Å². The van der Waals surface area contributed by atoms with Gasteiger partial charge in [0.15, 0.2) is 0 Å². The molecule has 0 amide bonds. The summed E-state index contributed by atoms with van der Waals surface area (Å²) in [6, 6.07) is 12.0. The number of aromatic nitrogens is 1. The van der Waals surface area contributed by atoms with Gasteiger partial charge in [-0.1, -0.05) is 18.2 Å². The van der Waals surface area contributed by atoms with Crippen molar-refractivity contribution < 1.29 is 4.74 Å². The second-order valence-corrected chi connectivity index (χ2v) is 6.01. The summed E-state index contributed by atoms with van der Waals surface area (Å²) in [4.78, 5) is 5.80. The van der Waals surface area contributed by atoms with Crippen molar-refractivity contribution in [1.29, 1.82) is 0 Å². The maximum absolute atomic E-state index is 5.78. The van der Waals surface area contributed by atoms with Gasteiger partial charge in [0.2, 0.25) is 0 Å². The number of nitrogens with zero attached hydrogens (tertiary/aromatic N) is 1. The average Bonchev–Trinajstić information content (AvgIpc) is 3.07.